The average molecular weight is 377 g/mol. The minimum atomic E-state index is -0.553. The van der Waals surface area contributed by atoms with Gasteiger partial charge in [0.15, 0.2) is 5.76 Å². The molecule has 0 unspecified atom stereocenters. The number of aromatic hydroxyl groups is 1. The lowest BCUT2D eigenvalue weighted by atomic mass is 9.94. The molecule has 1 N–H and O–H groups in total. The molecule has 1 aliphatic rings. The zero-order valence-corrected chi connectivity index (χ0v) is 15.6. The number of likely N-dealkylation sites (tertiary alicyclic amines) is 1. The Labute approximate surface area is 156 Å². The molecule has 3 rings (SSSR count). The number of ether oxygens (including phenoxy) is 1. The predicted molar refractivity (Wildman–Crippen MR) is 98.6 cm³/mol. The van der Waals surface area contributed by atoms with Gasteiger partial charge in [-0.15, -0.1) is 0 Å². The molecule has 1 atom stereocenters. The van der Waals surface area contributed by atoms with E-state index in [1.807, 2.05) is 16.8 Å². The van der Waals surface area contributed by atoms with Crippen molar-refractivity contribution in [2.75, 3.05) is 20.2 Å². The molecule has 6 nitrogen and oxygen atoms in total. The lowest BCUT2D eigenvalue weighted by Gasteiger charge is -2.26. The van der Waals surface area contributed by atoms with E-state index in [0.717, 1.165) is 31.5 Å². The Balaban J connectivity index is 1.94. The molecule has 0 radical (unpaired) electrons. The van der Waals surface area contributed by atoms with E-state index in [9.17, 15) is 14.7 Å². The van der Waals surface area contributed by atoms with Crippen LogP contribution in [0.3, 0.4) is 0 Å². The number of nitrogens with zero attached hydrogens (tertiary/aromatic N) is 1. The van der Waals surface area contributed by atoms with Crippen molar-refractivity contribution in [1.29, 1.82) is 0 Å². The number of carbonyl (C=O) groups excluding carboxylic acids is 1. The van der Waals surface area contributed by atoms with Gasteiger partial charge in [-0.1, -0.05) is 6.42 Å². The summed E-state index contributed by atoms with van der Waals surface area (Å²) >= 11 is 1.48. The summed E-state index contributed by atoms with van der Waals surface area (Å²) in [5, 5.41) is 14.1. The highest BCUT2D eigenvalue weighted by Crippen LogP contribution is 2.34. The predicted octanol–water partition coefficient (Wildman–Crippen LogP) is 3.09. The maximum atomic E-state index is 12.3. The Morgan fingerprint density at radius 1 is 1.38 bits per heavy atom. The molecule has 0 aromatic carbocycles. The molecular weight excluding hydrogens is 354 g/mol. The number of thiophene rings is 1. The molecule has 0 saturated carbocycles. The lowest BCUT2D eigenvalue weighted by molar-refractivity contribution is -0.140. The van der Waals surface area contributed by atoms with Crippen LogP contribution in [0.2, 0.25) is 0 Å². The molecule has 0 bridgehead atoms. The number of esters is 1. The van der Waals surface area contributed by atoms with E-state index in [1.54, 1.807) is 0 Å². The van der Waals surface area contributed by atoms with Crippen molar-refractivity contribution < 1.29 is 19.1 Å². The van der Waals surface area contributed by atoms with Gasteiger partial charge in [0, 0.05) is 6.07 Å². The molecule has 1 saturated heterocycles. The summed E-state index contributed by atoms with van der Waals surface area (Å²) in [6.07, 6.45) is 3.49. The molecule has 7 heteroatoms. The summed E-state index contributed by atoms with van der Waals surface area (Å²) in [5.74, 6) is -0.775. The molecule has 140 valence electrons. The Hall–Kier alpha value is -2.12. The number of hydrogen-bond acceptors (Lipinski definition) is 7. The van der Waals surface area contributed by atoms with Crippen molar-refractivity contribution >= 4 is 17.3 Å². The first-order valence-electron chi connectivity index (χ1n) is 8.75. The van der Waals surface area contributed by atoms with Crippen LogP contribution in [0.5, 0.6) is 5.75 Å². The van der Waals surface area contributed by atoms with Gasteiger partial charge in [0.2, 0.25) is 11.2 Å². The molecule has 26 heavy (non-hydrogen) atoms. The molecular formula is C19H23NO5S. The van der Waals surface area contributed by atoms with Crippen molar-refractivity contribution in [1.82, 2.24) is 4.90 Å². The van der Waals surface area contributed by atoms with Crippen LogP contribution in [0.15, 0.2) is 32.1 Å². The monoisotopic (exact) mass is 377 g/mol. The quantitative estimate of drug-likeness (QED) is 0.779. The second-order valence-corrected chi connectivity index (χ2v) is 7.30. The van der Waals surface area contributed by atoms with E-state index in [1.165, 1.54) is 30.9 Å². The summed E-state index contributed by atoms with van der Waals surface area (Å²) in [6.45, 7) is 2.46. The van der Waals surface area contributed by atoms with Crippen molar-refractivity contribution in [2.24, 2.45) is 0 Å². The zero-order valence-electron chi connectivity index (χ0n) is 14.8. The minimum Gasteiger partial charge on any atom is -0.502 e. The fraction of sp³-hybridized carbons (Fsp3) is 0.474. The smallest absolute Gasteiger partial charge is 0.306 e. The SMILES string of the molecule is COC(=O)C[C@@H](c1ccsc1)c1oc(CN2CCCCC2)cc(=O)c1O. The standard InChI is InChI=1S/C19H23NO5S/c1-24-17(22)10-15(13-5-8-26-12-13)19-18(23)16(21)9-14(25-19)11-20-6-3-2-4-7-20/h5,8-9,12,15,23H,2-4,6-7,10-11H2,1H3/t15-/m0/s1. The molecule has 2 aromatic rings. The number of methoxy groups -OCH3 is 1. The van der Waals surface area contributed by atoms with Crippen molar-refractivity contribution in [3.63, 3.8) is 0 Å². The van der Waals surface area contributed by atoms with Crippen LogP contribution < -0.4 is 5.43 Å². The Kier molecular flexibility index (Phi) is 6.11. The van der Waals surface area contributed by atoms with Crippen LogP contribution >= 0.6 is 11.3 Å². The molecule has 0 aliphatic carbocycles. The Morgan fingerprint density at radius 3 is 2.81 bits per heavy atom. The first kappa shape index (κ1) is 18.7. The first-order chi connectivity index (χ1) is 12.6. The van der Waals surface area contributed by atoms with Crippen LogP contribution in [-0.2, 0) is 16.1 Å². The molecule has 0 spiro atoms. The van der Waals surface area contributed by atoms with Gasteiger partial charge in [0.1, 0.15) is 5.76 Å². The molecule has 0 amide bonds. The summed E-state index contributed by atoms with van der Waals surface area (Å²) in [7, 11) is 1.32. The van der Waals surface area contributed by atoms with Crippen molar-refractivity contribution in [3.8, 4) is 5.75 Å². The highest BCUT2D eigenvalue weighted by Gasteiger charge is 2.27. The Bertz CT molecular complexity index is 793. The number of carbonyl (C=O) groups is 1. The second kappa shape index (κ2) is 8.51. The highest BCUT2D eigenvalue weighted by molar-refractivity contribution is 7.08. The van der Waals surface area contributed by atoms with Gasteiger partial charge < -0.3 is 14.3 Å². The number of piperidine rings is 1. The topological polar surface area (TPSA) is 80.0 Å². The summed E-state index contributed by atoms with van der Waals surface area (Å²) in [4.78, 5) is 26.4. The molecule has 3 heterocycles. The van der Waals surface area contributed by atoms with Crippen molar-refractivity contribution in [3.05, 3.63) is 50.2 Å². The van der Waals surface area contributed by atoms with Gasteiger partial charge >= 0.3 is 5.97 Å². The fourth-order valence-corrected chi connectivity index (χ4v) is 4.01. The minimum absolute atomic E-state index is 0.00307. The second-order valence-electron chi connectivity index (χ2n) is 6.52. The third kappa shape index (κ3) is 4.34. The van der Waals surface area contributed by atoms with Gasteiger partial charge in [-0.2, -0.15) is 11.3 Å². The first-order valence-corrected chi connectivity index (χ1v) is 9.70. The van der Waals surface area contributed by atoms with Gasteiger partial charge in [-0.25, -0.2) is 0 Å². The summed E-state index contributed by atoms with van der Waals surface area (Å²) in [5.41, 5.74) is 0.331. The van der Waals surface area contributed by atoms with Gasteiger partial charge in [0.25, 0.3) is 0 Å². The normalized spacial score (nSPS) is 16.3. The molecule has 2 aromatic heterocycles. The van der Waals surface area contributed by atoms with E-state index in [2.05, 4.69) is 4.90 Å². The van der Waals surface area contributed by atoms with Gasteiger partial charge in [0.05, 0.1) is 26.0 Å². The maximum Gasteiger partial charge on any atom is 0.306 e. The summed E-state index contributed by atoms with van der Waals surface area (Å²) < 4.78 is 10.7. The van der Waals surface area contributed by atoms with Crippen LogP contribution in [0, 0.1) is 0 Å². The summed E-state index contributed by atoms with van der Waals surface area (Å²) in [6, 6.07) is 3.20. The molecule has 1 fully saturated rings. The van der Waals surface area contributed by atoms with E-state index in [0.29, 0.717) is 12.3 Å². The van der Waals surface area contributed by atoms with Crippen LogP contribution in [0.4, 0.5) is 0 Å². The Morgan fingerprint density at radius 2 is 2.15 bits per heavy atom. The van der Waals surface area contributed by atoms with Crippen molar-refractivity contribution in [2.45, 2.75) is 38.1 Å². The average Bonchev–Trinajstić information content (AvgIpc) is 3.18. The van der Waals surface area contributed by atoms with Crippen LogP contribution in [0.1, 0.15) is 48.7 Å². The largest absolute Gasteiger partial charge is 0.502 e. The van der Waals surface area contributed by atoms with E-state index in [-0.39, 0.29) is 12.2 Å². The fourth-order valence-electron chi connectivity index (χ4n) is 3.29. The van der Waals surface area contributed by atoms with Gasteiger partial charge in [-0.05, 0) is 48.3 Å². The molecule has 1 aliphatic heterocycles. The highest BCUT2D eigenvalue weighted by atomic mass is 32.1. The number of rotatable bonds is 6. The zero-order chi connectivity index (χ0) is 18.5. The van der Waals surface area contributed by atoms with Gasteiger partial charge in [-0.3, -0.25) is 14.5 Å². The van der Waals surface area contributed by atoms with E-state index >= 15 is 0 Å². The maximum absolute atomic E-state index is 12.3. The lowest BCUT2D eigenvalue weighted by Crippen LogP contribution is -2.29. The van der Waals surface area contributed by atoms with E-state index < -0.39 is 23.1 Å². The third-order valence-corrected chi connectivity index (χ3v) is 5.39. The number of hydrogen-bond donors (Lipinski definition) is 1. The van der Waals surface area contributed by atoms with Crippen LogP contribution in [-0.4, -0.2) is 36.2 Å². The third-order valence-electron chi connectivity index (χ3n) is 4.69. The van der Waals surface area contributed by atoms with Crippen LogP contribution in [0.25, 0.3) is 0 Å². The van der Waals surface area contributed by atoms with E-state index in [4.69, 9.17) is 9.15 Å².